The first-order valence-electron chi connectivity index (χ1n) is 6.36. The van der Waals surface area contributed by atoms with Crippen molar-refractivity contribution in [2.24, 2.45) is 0 Å². The summed E-state index contributed by atoms with van der Waals surface area (Å²) in [4.78, 5) is 16.5. The fourth-order valence-corrected chi connectivity index (χ4v) is 2.86. The van der Waals surface area contributed by atoms with Crippen LogP contribution in [-0.4, -0.2) is 47.8 Å². The van der Waals surface area contributed by atoms with Crippen LogP contribution < -0.4 is 0 Å². The van der Waals surface area contributed by atoms with Gasteiger partial charge in [-0.2, -0.15) is 0 Å². The lowest BCUT2D eigenvalue weighted by molar-refractivity contribution is -0.121. The van der Waals surface area contributed by atoms with Crippen LogP contribution in [0.25, 0.3) is 0 Å². The smallest absolute Gasteiger partial charge is 0.152 e. The van der Waals surface area contributed by atoms with Gasteiger partial charge in [0.1, 0.15) is 0 Å². The molecule has 1 aromatic rings. The lowest BCUT2D eigenvalue weighted by Crippen LogP contribution is -2.51. The molecule has 3 rings (SSSR count). The SMILES string of the molecule is O=C1CCN2CCN(Cc3ccccc3)CC12. The third-order valence-corrected chi connectivity index (χ3v) is 3.84. The van der Waals surface area contributed by atoms with Crippen LogP contribution in [0.4, 0.5) is 0 Å². The van der Waals surface area contributed by atoms with Crippen molar-refractivity contribution in [2.75, 3.05) is 26.2 Å². The van der Waals surface area contributed by atoms with Gasteiger partial charge >= 0.3 is 0 Å². The molecule has 3 heteroatoms. The Kier molecular flexibility index (Phi) is 2.95. The molecule has 1 atom stereocenters. The normalized spacial score (nSPS) is 26.1. The summed E-state index contributed by atoms with van der Waals surface area (Å²) in [6, 6.07) is 10.7. The number of carbonyl (C=O) groups excluding carboxylic acids is 1. The van der Waals surface area contributed by atoms with Crippen LogP contribution in [0.15, 0.2) is 30.3 Å². The van der Waals surface area contributed by atoms with E-state index in [4.69, 9.17) is 0 Å². The molecule has 17 heavy (non-hydrogen) atoms. The highest BCUT2D eigenvalue weighted by atomic mass is 16.1. The first-order chi connectivity index (χ1) is 8.33. The second-order valence-electron chi connectivity index (χ2n) is 4.99. The Morgan fingerprint density at radius 3 is 2.76 bits per heavy atom. The molecule has 0 amide bonds. The van der Waals surface area contributed by atoms with Crippen LogP contribution in [0.1, 0.15) is 12.0 Å². The number of ketones is 1. The van der Waals surface area contributed by atoms with Gasteiger partial charge in [-0.1, -0.05) is 30.3 Å². The Bertz CT molecular complexity index is 404. The average molecular weight is 230 g/mol. The van der Waals surface area contributed by atoms with Crippen molar-refractivity contribution in [3.8, 4) is 0 Å². The molecule has 2 heterocycles. The summed E-state index contributed by atoms with van der Waals surface area (Å²) in [5.41, 5.74) is 1.34. The van der Waals surface area contributed by atoms with Gasteiger partial charge in [0, 0.05) is 39.1 Å². The van der Waals surface area contributed by atoms with Crippen LogP contribution in [0, 0.1) is 0 Å². The molecular weight excluding hydrogens is 212 g/mol. The van der Waals surface area contributed by atoms with Crippen LogP contribution in [-0.2, 0) is 11.3 Å². The maximum atomic E-state index is 11.7. The molecule has 0 spiro atoms. The number of piperazine rings is 1. The van der Waals surface area contributed by atoms with Gasteiger partial charge in [-0.05, 0) is 5.56 Å². The lowest BCUT2D eigenvalue weighted by Gasteiger charge is -2.36. The van der Waals surface area contributed by atoms with Crippen LogP contribution in [0.5, 0.6) is 0 Å². The van der Waals surface area contributed by atoms with Gasteiger partial charge in [0.15, 0.2) is 5.78 Å². The molecule has 0 aromatic heterocycles. The Morgan fingerprint density at radius 1 is 1.12 bits per heavy atom. The predicted octanol–water partition coefficient (Wildman–Crippen LogP) is 1.15. The quantitative estimate of drug-likeness (QED) is 0.761. The number of fused-ring (bicyclic) bond motifs is 1. The number of benzene rings is 1. The van der Waals surface area contributed by atoms with Gasteiger partial charge in [0.05, 0.1) is 6.04 Å². The van der Waals surface area contributed by atoms with Crippen LogP contribution in [0.2, 0.25) is 0 Å². The minimum absolute atomic E-state index is 0.174. The number of hydrogen-bond acceptors (Lipinski definition) is 3. The summed E-state index contributed by atoms with van der Waals surface area (Å²) in [6.07, 6.45) is 0.754. The summed E-state index contributed by atoms with van der Waals surface area (Å²) >= 11 is 0. The van der Waals surface area contributed by atoms with E-state index in [0.717, 1.165) is 39.1 Å². The molecule has 1 aromatic carbocycles. The van der Waals surface area contributed by atoms with E-state index in [2.05, 4.69) is 34.1 Å². The summed E-state index contributed by atoms with van der Waals surface area (Å²) in [7, 11) is 0. The number of nitrogens with zero attached hydrogens (tertiary/aromatic N) is 2. The lowest BCUT2D eigenvalue weighted by atomic mass is 10.1. The van der Waals surface area contributed by atoms with E-state index in [0.29, 0.717) is 5.78 Å². The van der Waals surface area contributed by atoms with E-state index < -0.39 is 0 Å². The topological polar surface area (TPSA) is 23.6 Å². The fourth-order valence-electron chi connectivity index (χ4n) is 2.86. The van der Waals surface area contributed by atoms with Crippen molar-refractivity contribution in [1.82, 2.24) is 9.80 Å². The molecule has 0 saturated carbocycles. The Hall–Kier alpha value is -1.19. The van der Waals surface area contributed by atoms with Crippen molar-refractivity contribution < 1.29 is 4.79 Å². The highest BCUT2D eigenvalue weighted by molar-refractivity contribution is 5.86. The monoisotopic (exact) mass is 230 g/mol. The Labute approximate surface area is 102 Å². The second-order valence-corrected chi connectivity index (χ2v) is 4.99. The molecule has 0 N–H and O–H groups in total. The molecule has 0 bridgehead atoms. The van der Waals surface area contributed by atoms with Gasteiger partial charge in [0.25, 0.3) is 0 Å². The maximum absolute atomic E-state index is 11.7. The van der Waals surface area contributed by atoms with E-state index in [1.807, 2.05) is 6.07 Å². The third kappa shape index (κ3) is 2.26. The molecule has 3 nitrogen and oxygen atoms in total. The zero-order valence-electron chi connectivity index (χ0n) is 10.0. The summed E-state index contributed by atoms with van der Waals surface area (Å²) in [5, 5.41) is 0. The van der Waals surface area contributed by atoms with E-state index in [1.54, 1.807) is 0 Å². The van der Waals surface area contributed by atoms with Crippen molar-refractivity contribution >= 4 is 5.78 Å². The first-order valence-corrected chi connectivity index (χ1v) is 6.36. The van der Waals surface area contributed by atoms with E-state index in [-0.39, 0.29) is 6.04 Å². The maximum Gasteiger partial charge on any atom is 0.152 e. The van der Waals surface area contributed by atoms with Crippen molar-refractivity contribution in [3.05, 3.63) is 35.9 Å². The van der Waals surface area contributed by atoms with E-state index in [9.17, 15) is 4.79 Å². The highest BCUT2D eigenvalue weighted by Gasteiger charge is 2.36. The van der Waals surface area contributed by atoms with Gasteiger partial charge in [0.2, 0.25) is 0 Å². The second kappa shape index (κ2) is 4.59. The number of hydrogen-bond donors (Lipinski definition) is 0. The highest BCUT2D eigenvalue weighted by Crippen LogP contribution is 2.20. The standard InChI is InChI=1S/C14H18N2O/c17-14-6-7-16-9-8-15(11-13(14)16)10-12-4-2-1-3-5-12/h1-5,13H,6-11H2. The summed E-state index contributed by atoms with van der Waals surface area (Å²) in [5.74, 6) is 0.433. The van der Waals surface area contributed by atoms with E-state index in [1.165, 1.54) is 5.56 Å². The molecule has 0 radical (unpaired) electrons. The number of carbonyl (C=O) groups is 1. The number of Topliss-reactive ketones (excluding diaryl/α,β-unsaturated/α-hetero) is 1. The molecule has 2 fully saturated rings. The molecule has 2 aliphatic heterocycles. The van der Waals surface area contributed by atoms with Crippen molar-refractivity contribution in [1.29, 1.82) is 0 Å². The van der Waals surface area contributed by atoms with Gasteiger partial charge in [-0.25, -0.2) is 0 Å². The number of rotatable bonds is 2. The van der Waals surface area contributed by atoms with Crippen molar-refractivity contribution in [2.45, 2.75) is 19.0 Å². The average Bonchev–Trinajstić information content (AvgIpc) is 2.73. The molecule has 2 aliphatic rings. The zero-order chi connectivity index (χ0) is 11.7. The summed E-state index contributed by atoms with van der Waals surface area (Å²) in [6.45, 7) is 4.98. The molecule has 1 unspecified atom stereocenters. The van der Waals surface area contributed by atoms with Crippen LogP contribution >= 0.6 is 0 Å². The minimum Gasteiger partial charge on any atom is -0.298 e. The minimum atomic E-state index is 0.174. The first kappa shape index (κ1) is 10.9. The largest absolute Gasteiger partial charge is 0.298 e. The molecule has 2 saturated heterocycles. The van der Waals surface area contributed by atoms with Gasteiger partial charge in [-0.3, -0.25) is 14.6 Å². The molecular formula is C14H18N2O. The fraction of sp³-hybridized carbons (Fsp3) is 0.500. The van der Waals surface area contributed by atoms with Crippen LogP contribution in [0.3, 0.4) is 0 Å². The zero-order valence-corrected chi connectivity index (χ0v) is 10.0. The van der Waals surface area contributed by atoms with Crippen molar-refractivity contribution in [3.63, 3.8) is 0 Å². The molecule has 90 valence electrons. The summed E-state index contributed by atoms with van der Waals surface area (Å²) < 4.78 is 0. The molecule has 0 aliphatic carbocycles. The Morgan fingerprint density at radius 2 is 1.94 bits per heavy atom. The van der Waals surface area contributed by atoms with Gasteiger partial charge < -0.3 is 0 Å². The van der Waals surface area contributed by atoms with E-state index >= 15 is 0 Å². The third-order valence-electron chi connectivity index (χ3n) is 3.84. The Balaban J connectivity index is 1.64. The van der Waals surface area contributed by atoms with Gasteiger partial charge in [-0.15, -0.1) is 0 Å². The predicted molar refractivity (Wildman–Crippen MR) is 66.7 cm³/mol.